The first-order chi connectivity index (χ1) is 12.9. The van der Waals surface area contributed by atoms with Crippen LogP contribution >= 0.6 is 0 Å². The van der Waals surface area contributed by atoms with E-state index in [1.807, 2.05) is 24.4 Å². The molecule has 5 nitrogen and oxygen atoms in total. The number of hydrogen-bond donors (Lipinski definition) is 2. The van der Waals surface area contributed by atoms with Crippen molar-refractivity contribution in [3.63, 3.8) is 0 Å². The minimum atomic E-state index is -4.35. The fourth-order valence-electron chi connectivity index (χ4n) is 2.48. The second-order valence-electron chi connectivity index (χ2n) is 5.87. The number of alkyl halides is 3. The molecule has 0 fully saturated rings. The quantitative estimate of drug-likeness (QED) is 0.681. The number of carbonyl (C=O) groups excluding carboxylic acids is 1. The van der Waals surface area contributed by atoms with Gasteiger partial charge in [0, 0.05) is 18.0 Å². The topological polar surface area (TPSA) is 59.0 Å². The number of nitrogens with zero attached hydrogens (tertiary/aromatic N) is 2. The van der Waals surface area contributed by atoms with E-state index in [0.717, 1.165) is 5.56 Å². The van der Waals surface area contributed by atoms with E-state index in [-0.39, 0.29) is 11.4 Å². The molecule has 0 spiro atoms. The number of hydrogen-bond acceptors (Lipinski definition) is 3. The maximum absolute atomic E-state index is 12.4. The van der Waals surface area contributed by atoms with Crippen LogP contribution in [0.5, 0.6) is 0 Å². The largest absolute Gasteiger partial charge is 0.405 e. The van der Waals surface area contributed by atoms with Crippen LogP contribution in [-0.4, -0.2) is 28.4 Å². The summed E-state index contributed by atoms with van der Waals surface area (Å²) in [6.45, 7) is -0.596. The number of benzene rings is 2. The second kappa shape index (κ2) is 7.94. The van der Waals surface area contributed by atoms with Gasteiger partial charge in [0.25, 0.3) is 5.91 Å². The number of aromatic nitrogens is 2. The smallest absolute Gasteiger partial charge is 0.375 e. The third-order valence-electron chi connectivity index (χ3n) is 3.77. The van der Waals surface area contributed by atoms with Gasteiger partial charge in [0.2, 0.25) is 0 Å². The summed E-state index contributed by atoms with van der Waals surface area (Å²) in [7, 11) is 0. The number of anilines is 2. The highest BCUT2D eigenvalue weighted by atomic mass is 19.4. The van der Waals surface area contributed by atoms with E-state index in [0.29, 0.717) is 12.1 Å². The van der Waals surface area contributed by atoms with Gasteiger partial charge in [-0.2, -0.15) is 18.3 Å². The van der Waals surface area contributed by atoms with Crippen molar-refractivity contribution in [2.75, 3.05) is 17.2 Å². The van der Waals surface area contributed by atoms with E-state index in [2.05, 4.69) is 15.7 Å². The van der Waals surface area contributed by atoms with Crippen molar-refractivity contribution in [2.45, 2.75) is 12.7 Å². The third kappa shape index (κ3) is 5.34. The molecule has 0 radical (unpaired) electrons. The molecule has 0 aliphatic heterocycles. The van der Waals surface area contributed by atoms with E-state index in [4.69, 9.17) is 0 Å². The minimum Gasteiger partial charge on any atom is -0.375 e. The molecule has 8 heteroatoms. The van der Waals surface area contributed by atoms with E-state index < -0.39 is 18.6 Å². The standard InChI is InChI=1S/C19H17F3N4O/c20-19(21,22)13-23-16-4-1-2-5-17(16)25-18(27)15-8-6-14(7-9-15)12-26-11-3-10-24-26/h1-11,23H,12-13H2,(H,25,27). The summed E-state index contributed by atoms with van der Waals surface area (Å²) in [5.41, 5.74) is 1.87. The number of para-hydroxylation sites is 2. The lowest BCUT2D eigenvalue weighted by Gasteiger charge is -2.14. The molecule has 1 aromatic heterocycles. The van der Waals surface area contributed by atoms with Gasteiger partial charge in [-0.3, -0.25) is 9.48 Å². The molecule has 0 saturated heterocycles. The summed E-state index contributed by atoms with van der Waals surface area (Å²) in [5, 5.41) is 9.06. The highest BCUT2D eigenvalue weighted by Gasteiger charge is 2.27. The van der Waals surface area contributed by atoms with Gasteiger partial charge in [-0.25, -0.2) is 0 Å². The van der Waals surface area contributed by atoms with Crippen molar-refractivity contribution in [3.05, 3.63) is 78.1 Å². The Kier molecular flexibility index (Phi) is 5.44. The van der Waals surface area contributed by atoms with Crippen molar-refractivity contribution in [2.24, 2.45) is 0 Å². The summed E-state index contributed by atoms with van der Waals surface area (Å²) in [4.78, 5) is 12.4. The lowest BCUT2D eigenvalue weighted by atomic mass is 10.1. The summed E-state index contributed by atoms with van der Waals surface area (Å²) in [5.74, 6) is -0.401. The zero-order valence-electron chi connectivity index (χ0n) is 14.2. The molecule has 0 aliphatic carbocycles. The Morgan fingerprint density at radius 2 is 1.70 bits per heavy atom. The van der Waals surface area contributed by atoms with Crippen molar-refractivity contribution in [1.82, 2.24) is 9.78 Å². The molecule has 1 amide bonds. The van der Waals surface area contributed by atoms with E-state index in [1.54, 1.807) is 41.2 Å². The summed E-state index contributed by atoms with van der Waals surface area (Å²) in [6, 6.07) is 15.0. The number of nitrogens with one attached hydrogen (secondary N) is 2. The van der Waals surface area contributed by atoms with Crippen LogP contribution in [0, 0.1) is 0 Å². The van der Waals surface area contributed by atoms with Crippen LogP contribution in [0.4, 0.5) is 24.5 Å². The van der Waals surface area contributed by atoms with Gasteiger partial charge in [-0.1, -0.05) is 24.3 Å². The van der Waals surface area contributed by atoms with Gasteiger partial charge >= 0.3 is 6.18 Å². The van der Waals surface area contributed by atoms with Crippen LogP contribution in [0.15, 0.2) is 67.0 Å². The molecule has 0 bridgehead atoms. The highest BCUT2D eigenvalue weighted by Crippen LogP contribution is 2.24. The fourth-order valence-corrected chi connectivity index (χ4v) is 2.48. The maximum Gasteiger partial charge on any atom is 0.405 e. The Balaban J connectivity index is 1.66. The Morgan fingerprint density at radius 3 is 2.33 bits per heavy atom. The van der Waals surface area contributed by atoms with E-state index >= 15 is 0 Å². The Bertz CT molecular complexity index is 890. The molecule has 0 aliphatic rings. The lowest BCUT2D eigenvalue weighted by Crippen LogP contribution is -2.22. The van der Waals surface area contributed by atoms with Crippen LogP contribution in [-0.2, 0) is 6.54 Å². The summed E-state index contributed by atoms with van der Waals surface area (Å²) in [6.07, 6.45) is -0.820. The lowest BCUT2D eigenvalue weighted by molar-refractivity contribution is -0.115. The SMILES string of the molecule is O=C(Nc1ccccc1NCC(F)(F)F)c1ccc(Cn2cccn2)cc1. The molecular weight excluding hydrogens is 357 g/mol. The maximum atomic E-state index is 12.4. The van der Waals surface area contributed by atoms with Crippen molar-refractivity contribution in [1.29, 1.82) is 0 Å². The second-order valence-corrected chi connectivity index (χ2v) is 5.87. The molecule has 2 aromatic carbocycles. The predicted octanol–water partition coefficient (Wildman–Crippen LogP) is 4.16. The molecule has 0 atom stereocenters. The zero-order chi connectivity index (χ0) is 19.3. The molecule has 0 saturated carbocycles. The van der Waals surface area contributed by atoms with Crippen LogP contribution in [0.25, 0.3) is 0 Å². The average molecular weight is 374 g/mol. The van der Waals surface area contributed by atoms with Gasteiger partial charge in [-0.05, 0) is 35.9 Å². The Morgan fingerprint density at radius 1 is 1.00 bits per heavy atom. The van der Waals surface area contributed by atoms with Gasteiger partial charge in [0.15, 0.2) is 0 Å². The minimum absolute atomic E-state index is 0.207. The van der Waals surface area contributed by atoms with E-state index in [9.17, 15) is 18.0 Å². The van der Waals surface area contributed by atoms with Crippen molar-refractivity contribution < 1.29 is 18.0 Å². The number of halogens is 3. The van der Waals surface area contributed by atoms with Crippen molar-refractivity contribution in [3.8, 4) is 0 Å². The van der Waals surface area contributed by atoms with E-state index in [1.165, 1.54) is 6.07 Å². The van der Waals surface area contributed by atoms with Crippen LogP contribution < -0.4 is 10.6 Å². The first-order valence-corrected chi connectivity index (χ1v) is 8.18. The third-order valence-corrected chi connectivity index (χ3v) is 3.77. The predicted molar refractivity (Wildman–Crippen MR) is 96.7 cm³/mol. The number of carbonyl (C=O) groups is 1. The Hall–Kier alpha value is -3.29. The van der Waals surface area contributed by atoms with Crippen LogP contribution in [0.1, 0.15) is 15.9 Å². The molecule has 1 heterocycles. The van der Waals surface area contributed by atoms with Crippen LogP contribution in [0.3, 0.4) is 0 Å². The molecule has 27 heavy (non-hydrogen) atoms. The first-order valence-electron chi connectivity index (χ1n) is 8.18. The monoisotopic (exact) mass is 374 g/mol. The molecule has 3 rings (SSSR count). The molecule has 3 aromatic rings. The first kappa shape index (κ1) is 18.5. The highest BCUT2D eigenvalue weighted by molar-refractivity contribution is 6.05. The molecular formula is C19H17F3N4O. The van der Waals surface area contributed by atoms with Gasteiger partial charge < -0.3 is 10.6 Å². The Labute approximate surface area is 153 Å². The van der Waals surface area contributed by atoms with Gasteiger partial charge in [0.05, 0.1) is 17.9 Å². The molecule has 0 unspecified atom stereocenters. The van der Waals surface area contributed by atoms with Crippen LogP contribution in [0.2, 0.25) is 0 Å². The van der Waals surface area contributed by atoms with Gasteiger partial charge in [-0.15, -0.1) is 0 Å². The number of amides is 1. The fraction of sp³-hybridized carbons (Fsp3) is 0.158. The normalized spacial score (nSPS) is 11.2. The summed E-state index contributed by atoms with van der Waals surface area (Å²) >= 11 is 0. The number of rotatable bonds is 6. The molecule has 140 valence electrons. The van der Waals surface area contributed by atoms with Gasteiger partial charge in [0.1, 0.15) is 6.54 Å². The van der Waals surface area contributed by atoms with Crippen molar-refractivity contribution >= 4 is 17.3 Å². The zero-order valence-corrected chi connectivity index (χ0v) is 14.2. The average Bonchev–Trinajstić information content (AvgIpc) is 3.14. The molecule has 2 N–H and O–H groups in total. The summed E-state index contributed by atoms with van der Waals surface area (Å²) < 4.78 is 39.0.